The van der Waals surface area contributed by atoms with Crippen molar-refractivity contribution in [1.29, 1.82) is 0 Å². The summed E-state index contributed by atoms with van der Waals surface area (Å²) in [6, 6.07) is 0. The Morgan fingerprint density at radius 1 is 1.06 bits per heavy atom. The predicted molar refractivity (Wildman–Crippen MR) is 74.3 cm³/mol. The summed E-state index contributed by atoms with van der Waals surface area (Å²) in [6.07, 6.45) is 8.43. The fourth-order valence-electron chi connectivity index (χ4n) is 3.66. The number of hydrogen-bond donors (Lipinski definition) is 1. The molecule has 0 aromatic carbocycles. The van der Waals surface area contributed by atoms with E-state index in [1.807, 2.05) is 0 Å². The molecule has 100 valence electrons. The Kier molecular flexibility index (Phi) is 4.48. The van der Waals surface area contributed by atoms with Crippen LogP contribution in [0.2, 0.25) is 0 Å². The number of nitrogens with one attached hydrogen (secondary N) is 1. The largest absolute Gasteiger partial charge is 0.314 e. The van der Waals surface area contributed by atoms with Gasteiger partial charge in [-0.05, 0) is 44.7 Å². The van der Waals surface area contributed by atoms with E-state index < -0.39 is 0 Å². The molecule has 2 heteroatoms. The maximum Gasteiger partial charge on any atom is 0.0190 e. The summed E-state index contributed by atoms with van der Waals surface area (Å²) in [4.78, 5) is 2.68. The van der Waals surface area contributed by atoms with E-state index in [0.29, 0.717) is 5.54 Å². The molecule has 2 unspecified atom stereocenters. The Hall–Kier alpha value is -0.0800. The van der Waals surface area contributed by atoms with Crippen LogP contribution in [0, 0.1) is 11.8 Å². The summed E-state index contributed by atoms with van der Waals surface area (Å²) in [7, 11) is 2.17. The van der Waals surface area contributed by atoms with Crippen molar-refractivity contribution in [1.82, 2.24) is 10.2 Å². The highest BCUT2D eigenvalue weighted by molar-refractivity contribution is 4.91. The Labute approximate surface area is 107 Å². The Morgan fingerprint density at radius 2 is 1.65 bits per heavy atom. The molecule has 1 saturated carbocycles. The summed E-state index contributed by atoms with van der Waals surface area (Å²) in [5, 5.41) is 3.64. The average Bonchev–Trinajstić information content (AvgIpc) is 2.68. The summed E-state index contributed by atoms with van der Waals surface area (Å²) >= 11 is 0. The van der Waals surface area contributed by atoms with Gasteiger partial charge in [0.25, 0.3) is 0 Å². The van der Waals surface area contributed by atoms with Crippen LogP contribution in [0.5, 0.6) is 0 Å². The first-order chi connectivity index (χ1) is 8.15. The molecule has 2 fully saturated rings. The van der Waals surface area contributed by atoms with Crippen LogP contribution in [0.1, 0.15) is 52.4 Å². The minimum atomic E-state index is 0.466. The first kappa shape index (κ1) is 13.4. The summed E-state index contributed by atoms with van der Waals surface area (Å²) in [6.45, 7) is 8.75. The van der Waals surface area contributed by atoms with Crippen molar-refractivity contribution in [2.24, 2.45) is 11.8 Å². The van der Waals surface area contributed by atoms with Crippen LogP contribution in [0.25, 0.3) is 0 Å². The van der Waals surface area contributed by atoms with E-state index in [0.717, 1.165) is 11.8 Å². The molecule has 2 nitrogen and oxygen atoms in total. The molecular formula is C15H30N2. The monoisotopic (exact) mass is 238 g/mol. The van der Waals surface area contributed by atoms with Crippen molar-refractivity contribution < 1.29 is 0 Å². The third-order valence-corrected chi connectivity index (χ3v) is 5.31. The quantitative estimate of drug-likeness (QED) is 0.810. The van der Waals surface area contributed by atoms with E-state index in [1.165, 1.54) is 58.2 Å². The van der Waals surface area contributed by atoms with E-state index in [4.69, 9.17) is 0 Å². The number of nitrogens with zero attached hydrogens (tertiary/aromatic N) is 1. The fourth-order valence-corrected chi connectivity index (χ4v) is 3.66. The zero-order chi connectivity index (χ0) is 12.3. The standard InChI is InChI=1S/C15H30N2/c1-13-11-17(12-14(13)2)10-9-15(16-3)7-5-4-6-8-15/h13-14,16H,4-12H2,1-3H3. The maximum absolute atomic E-state index is 3.64. The molecular weight excluding hydrogens is 208 g/mol. The van der Waals surface area contributed by atoms with E-state index in [9.17, 15) is 0 Å². The van der Waals surface area contributed by atoms with Gasteiger partial charge in [-0.15, -0.1) is 0 Å². The molecule has 1 heterocycles. The summed E-state index contributed by atoms with van der Waals surface area (Å²) in [5.74, 6) is 1.79. The molecule has 1 aliphatic heterocycles. The first-order valence-corrected chi connectivity index (χ1v) is 7.56. The molecule has 0 spiro atoms. The third kappa shape index (κ3) is 3.23. The van der Waals surface area contributed by atoms with Gasteiger partial charge in [-0.3, -0.25) is 0 Å². The summed E-state index contributed by atoms with van der Waals surface area (Å²) < 4.78 is 0. The molecule has 2 aliphatic rings. The van der Waals surface area contributed by atoms with Crippen molar-refractivity contribution in [3.05, 3.63) is 0 Å². The normalized spacial score (nSPS) is 34.1. The van der Waals surface area contributed by atoms with Crippen molar-refractivity contribution >= 4 is 0 Å². The van der Waals surface area contributed by atoms with Crippen LogP contribution in [-0.2, 0) is 0 Å². The highest BCUT2D eigenvalue weighted by Crippen LogP contribution is 2.32. The van der Waals surface area contributed by atoms with Gasteiger partial charge in [-0.2, -0.15) is 0 Å². The van der Waals surface area contributed by atoms with Crippen LogP contribution >= 0.6 is 0 Å². The van der Waals surface area contributed by atoms with Crippen LogP contribution in [0.4, 0.5) is 0 Å². The van der Waals surface area contributed by atoms with Gasteiger partial charge < -0.3 is 10.2 Å². The molecule has 1 N–H and O–H groups in total. The van der Waals surface area contributed by atoms with Crippen LogP contribution in [-0.4, -0.2) is 37.1 Å². The third-order valence-electron chi connectivity index (χ3n) is 5.31. The summed E-state index contributed by atoms with van der Waals surface area (Å²) in [5.41, 5.74) is 0.466. The highest BCUT2D eigenvalue weighted by atomic mass is 15.2. The number of hydrogen-bond acceptors (Lipinski definition) is 2. The molecule has 0 bridgehead atoms. The van der Waals surface area contributed by atoms with Gasteiger partial charge in [-0.1, -0.05) is 33.1 Å². The lowest BCUT2D eigenvalue weighted by Crippen LogP contribution is -2.46. The lowest BCUT2D eigenvalue weighted by molar-refractivity contribution is 0.194. The maximum atomic E-state index is 3.64. The Balaban J connectivity index is 1.80. The lowest BCUT2D eigenvalue weighted by atomic mass is 9.79. The van der Waals surface area contributed by atoms with Crippen molar-refractivity contribution in [2.45, 2.75) is 57.9 Å². The van der Waals surface area contributed by atoms with Gasteiger partial charge in [-0.25, -0.2) is 0 Å². The van der Waals surface area contributed by atoms with Gasteiger partial charge >= 0.3 is 0 Å². The second kappa shape index (κ2) is 5.71. The fraction of sp³-hybridized carbons (Fsp3) is 1.00. The second-order valence-electron chi connectivity index (χ2n) is 6.56. The topological polar surface area (TPSA) is 15.3 Å². The van der Waals surface area contributed by atoms with E-state index >= 15 is 0 Å². The van der Waals surface area contributed by atoms with Crippen LogP contribution in [0.3, 0.4) is 0 Å². The van der Waals surface area contributed by atoms with Gasteiger partial charge in [0.15, 0.2) is 0 Å². The molecule has 0 aromatic heterocycles. The van der Waals surface area contributed by atoms with Gasteiger partial charge in [0.05, 0.1) is 0 Å². The van der Waals surface area contributed by atoms with Crippen molar-refractivity contribution in [3.8, 4) is 0 Å². The smallest absolute Gasteiger partial charge is 0.0190 e. The van der Waals surface area contributed by atoms with Crippen molar-refractivity contribution in [3.63, 3.8) is 0 Å². The highest BCUT2D eigenvalue weighted by Gasteiger charge is 2.32. The molecule has 1 saturated heterocycles. The van der Waals surface area contributed by atoms with E-state index in [2.05, 4.69) is 31.1 Å². The Morgan fingerprint density at radius 3 is 2.18 bits per heavy atom. The minimum absolute atomic E-state index is 0.466. The number of rotatable bonds is 4. The molecule has 1 aliphatic carbocycles. The molecule has 2 atom stereocenters. The van der Waals surface area contributed by atoms with Gasteiger partial charge in [0.1, 0.15) is 0 Å². The Bertz CT molecular complexity index is 223. The molecule has 0 radical (unpaired) electrons. The van der Waals surface area contributed by atoms with Gasteiger partial charge in [0.2, 0.25) is 0 Å². The average molecular weight is 238 g/mol. The molecule has 2 rings (SSSR count). The zero-order valence-corrected chi connectivity index (χ0v) is 12.0. The molecule has 17 heavy (non-hydrogen) atoms. The number of likely N-dealkylation sites (tertiary alicyclic amines) is 1. The van der Waals surface area contributed by atoms with E-state index in [1.54, 1.807) is 0 Å². The predicted octanol–water partition coefficient (Wildman–Crippen LogP) is 2.89. The van der Waals surface area contributed by atoms with Crippen LogP contribution in [0.15, 0.2) is 0 Å². The van der Waals surface area contributed by atoms with Crippen LogP contribution < -0.4 is 5.32 Å². The van der Waals surface area contributed by atoms with E-state index in [-0.39, 0.29) is 0 Å². The minimum Gasteiger partial charge on any atom is -0.314 e. The second-order valence-corrected chi connectivity index (χ2v) is 6.56. The lowest BCUT2D eigenvalue weighted by Gasteiger charge is -2.38. The SMILES string of the molecule is CNC1(CCN2CC(C)C(C)C2)CCCCC1. The van der Waals surface area contributed by atoms with Crippen molar-refractivity contribution in [2.75, 3.05) is 26.7 Å². The zero-order valence-electron chi connectivity index (χ0n) is 12.0. The molecule has 0 amide bonds. The molecule has 0 aromatic rings. The first-order valence-electron chi connectivity index (χ1n) is 7.56. The van der Waals surface area contributed by atoms with Gasteiger partial charge in [0, 0.05) is 18.6 Å².